The molecule has 0 N–H and O–H groups in total. The molecule has 0 saturated carbocycles. The number of amides is 1. The fourth-order valence-electron chi connectivity index (χ4n) is 3.75. The van der Waals surface area contributed by atoms with Gasteiger partial charge in [-0.05, 0) is 38.8 Å². The molecule has 0 atom stereocenters. The third kappa shape index (κ3) is 3.38. The highest BCUT2D eigenvalue weighted by molar-refractivity contribution is 6.00. The van der Waals surface area contributed by atoms with Crippen LogP contribution in [0, 0.1) is 6.92 Å². The largest absolute Gasteiger partial charge is 0.493 e. The zero-order chi connectivity index (χ0) is 18.0. The topological polar surface area (TPSA) is 45.9 Å². The van der Waals surface area contributed by atoms with Gasteiger partial charge in [-0.15, -0.1) is 0 Å². The molecule has 0 spiro atoms. The Morgan fingerprint density at radius 3 is 2.72 bits per heavy atom. The number of nitrogens with zero attached hydrogens (tertiary/aromatic N) is 2. The van der Waals surface area contributed by atoms with Crippen molar-refractivity contribution in [3.63, 3.8) is 0 Å². The Hall–Kier alpha value is -2.01. The molecule has 1 aliphatic rings. The van der Waals surface area contributed by atoms with Gasteiger partial charge in [0.2, 0.25) is 0 Å². The molecule has 0 aliphatic carbocycles. The van der Waals surface area contributed by atoms with Crippen LogP contribution in [0.2, 0.25) is 0 Å². The Bertz CT molecular complexity index is 745. The zero-order valence-corrected chi connectivity index (χ0v) is 15.7. The molecule has 1 saturated heterocycles. The lowest BCUT2D eigenvalue weighted by Gasteiger charge is -2.36. The summed E-state index contributed by atoms with van der Waals surface area (Å²) < 4.78 is 11.3. The van der Waals surface area contributed by atoms with Gasteiger partial charge in [-0.1, -0.05) is 19.1 Å². The van der Waals surface area contributed by atoms with Crippen LogP contribution in [0.25, 0.3) is 11.0 Å². The molecule has 0 unspecified atom stereocenters. The number of methoxy groups -OCH3 is 1. The molecule has 0 radical (unpaired) electrons. The molecule has 1 aromatic heterocycles. The van der Waals surface area contributed by atoms with E-state index in [9.17, 15) is 4.79 Å². The summed E-state index contributed by atoms with van der Waals surface area (Å²) in [5.41, 5.74) is 1.53. The van der Waals surface area contributed by atoms with Crippen LogP contribution >= 0.6 is 0 Å². The third-order valence-corrected chi connectivity index (χ3v) is 5.31. The number of ether oxygens (including phenoxy) is 1. The van der Waals surface area contributed by atoms with Gasteiger partial charge in [0.05, 0.1) is 7.11 Å². The Kier molecular flexibility index (Phi) is 5.33. The summed E-state index contributed by atoms with van der Waals surface area (Å²) in [6.07, 6.45) is 3.22. The molecule has 2 aromatic rings. The molecule has 1 amide bonds. The summed E-state index contributed by atoms with van der Waals surface area (Å²) in [5.74, 6) is 1.05. The highest BCUT2D eigenvalue weighted by atomic mass is 16.5. The van der Waals surface area contributed by atoms with E-state index in [0.29, 0.717) is 17.1 Å². The maximum Gasteiger partial charge on any atom is 0.289 e. The van der Waals surface area contributed by atoms with Gasteiger partial charge in [-0.2, -0.15) is 0 Å². The monoisotopic (exact) mass is 344 g/mol. The summed E-state index contributed by atoms with van der Waals surface area (Å²) in [5, 5.41) is 0.939. The SMILES string of the molecule is CCCN1CCC(N(C)C(=O)c2oc3c(OC)cccc3c2C)CC1. The van der Waals surface area contributed by atoms with E-state index in [1.165, 1.54) is 6.42 Å². The van der Waals surface area contributed by atoms with Gasteiger partial charge < -0.3 is 19.0 Å². The Balaban J connectivity index is 1.79. The Morgan fingerprint density at radius 1 is 1.36 bits per heavy atom. The van der Waals surface area contributed by atoms with Gasteiger partial charge in [0.25, 0.3) is 5.91 Å². The highest BCUT2D eigenvalue weighted by Gasteiger charge is 2.29. The number of aryl methyl sites for hydroxylation is 1. The van der Waals surface area contributed by atoms with Crippen LogP contribution in [0.1, 0.15) is 42.3 Å². The number of hydrogen-bond donors (Lipinski definition) is 0. The normalized spacial score (nSPS) is 16.3. The van der Waals surface area contributed by atoms with E-state index in [2.05, 4.69) is 11.8 Å². The van der Waals surface area contributed by atoms with Crippen molar-refractivity contribution in [2.24, 2.45) is 0 Å². The van der Waals surface area contributed by atoms with Crippen molar-refractivity contribution in [3.8, 4) is 5.75 Å². The predicted octanol–water partition coefficient (Wildman–Crippen LogP) is 3.70. The minimum Gasteiger partial charge on any atom is -0.493 e. The summed E-state index contributed by atoms with van der Waals surface area (Å²) in [4.78, 5) is 17.4. The molecule has 0 bridgehead atoms. The number of fused-ring (bicyclic) bond motifs is 1. The first kappa shape index (κ1) is 17.8. The van der Waals surface area contributed by atoms with E-state index in [4.69, 9.17) is 9.15 Å². The fourth-order valence-corrected chi connectivity index (χ4v) is 3.75. The van der Waals surface area contributed by atoms with Gasteiger partial charge in [0, 0.05) is 37.1 Å². The quantitative estimate of drug-likeness (QED) is 0.830. The van der Waals surface area contributed by atoms with E-state index in [0.717, 1.165) is 43.4 Å². The lowest BCUT2D eigenvalue weighted by atomic mass is 10.0. The summed E-state index contributed by atoms with van der Waals surface area (Å²) in [7, 11) is 3.51. The minimum absolute atomic E-state index is 0.0373. The Labute approximate surface area is 149 Å². The molecule has 1 fully saturated rings. The first-order valence-electron chi connectivity index (χ1n) is 9.12. The lowest BCUT2D eigenvalue weighted by Crippen LogP contribution is -2.45. The molecular weight excluding hydrogens is 316 g/mol. The lowest BCUT2D eigenvalue weighted by molar-refractivity contribution is 0.0613. The number of piperidine rings is 1. The van der Waals surface area contributed by atoms with Crippen molar-refractivity contribution < 1.29 is 13.9 Å². The van der Waals surface area contributed by atoms with Crippen molar-refractivity contribution >= 4 is 16.9 Å². The van der Waals surface area contributed by atoms with Crippen LogP contribution in [-0.4, -0.2) is 55.5 Å². The van der Waals surface area contributed by atoms with Crippen LogP contribution in [0.15, 0.2) is 22.6 Å². The number of carbonyl (C=O) groups is 1. The van der Waals surface area contributed by atoms with E-state index in [-0.39, 0.29) is 11.9 Å². The molecular formula is C20H28N2O3. The van der Waals surface area contributed by atoms with E-state index < -0.39 is 0 Å². The van der Waals surface area contributed by atoms with Crippen LogP contribution in [0.3, 0.4) is 0 Å². The van der Waals surface area contributed by atoms with Crippen molar-refractivity contribution in [1.82, 2.24) is 9.80 Å². The van der Waals surface area contributed by atoms with Gasteiger partial charge in [-0.3, -0.25) is 4.79 Å². The zero-order valence-electron chi connectivity index (χ0n) is 15.7. The van der Waals surface area contributed by atoms with Crippen LogP contribution < -0.4 is 4.74 Å². The predicted molar refractivity (Wildman–Crippen MR) is 99.3 cm³/mol. The van der Waals surface area contributed by atoms with Crippen LogP contribution in [-0.2, 0) is 0 Å². The molecule has 2 heterocycles. The second kappa shape index (κ2) is 7.48. The minimum atomic E-state index is -0.0373. The van der Waals surface area contributed by atoms with Gasteiger partial charge in [0.1, 0.15) is 0 Å². The van der Waals surface area contributed by atoms with E-state index in [1.807, 2.05) is 37.1 Å². The number of furan rings is 1. The maximum atomic E-state index is 13.0. The highest BCUT2D eigenvalue weighted by Crippen LogP contribution is 2.33. The van der Waals surface area contributed by atoms with Gasteiger partial charge in [-0.25, -0.2) is 0 Å². The standard InChI is InChI=1S/C20H28N2O3/c1-5-11-22-12-9-15(10-13-22)21(3)20(23)18-14(2)16-7-6-8-17(24-4)19(16)25-18/h6-8,15H,5,9-13H2,1-4H3. The molecule has 1 aromatic carbocycles. The molecule has 5 heteroatoms. The molecule has 3 rings (SSSR count). The average molecular weight is 344 g/mol. The number of para-hydroxylation sites is 1. The van der Waals surface area contributed by atoms with E-state index >= 15 is 0 Å². The molecule has 5 nitrogen and oxygen atoms in total. The number of rotatable bonds is 5. The van der Waals surface area contributed by atoms with Gasteiger partial charge >= 0.3 is 0 Å². The summed E-state index contributed by atoms with van der Waals surface area (Å²) in [6.45, 7) is 7.41. The number of carbonyl (C=O) groups excluding carboxylic acids is 1. The average Bonchev–Trinajstić information content (AvgIpc) is 2.98. The van der Waals surface area contributed by atoms with Crippen molar-refractivity contribution in [1.29, 1.82) is 0 Å². The first-order valence-corrected chi connectivity index (χ1v) is 9.12. The molecule has 25 heavy (non-hydrogen) atoms. The second-order valence-corrected chi connectivity index (χ2v) is 6.88. The number of benzene rings is 1. The third-order valence-electron chi connectivity index (χ3n) is 5.31. The van der Waals surface area contributed by atoms with Crippen LogP contribution in [0.5, 0.6) is 5.75 Å². The fraction of sp³-hybridized carbons (Fsp3) is 0.550. The van der Waals surface area contributed by atoms with Crippen molar-refractivity contribution in [2.45, 2.75) is 39.2 Å². The second-order valence-electron chi connectivity index (χ2n) is 6.88. The van der Waals surface area contributed by atoms with Crippen LogP contribution in [0.4, 0.5) is 0 Å². The summed E-state index contributed by atoms with van der Waals surface area (Å²) >= 11 is 0. The molecule has 1 aliphatic heterocycles. The number of likely N-dealkylation sites (tertiary alicyclic amines) is 1. The van der Waals surface area contributed by atoms with Crippen molar-refractivity contribution in [3.05, 3.63) is 29.5 Å². The number of hydrogen-bond acceptors (Lipinski definition) is 4. The maximum absolute atomic E-state index is 13.0. The van der Waals surface area contributed by atoms with E-state index in [1.54, 1.807) is 7.11 Å². The Morgan fingerprint density at radius 2 is 2.08 bits per heavy atom. The first-order chi connectivity index (χ1) is 12.1. The summed E-state index contributed by atoms with van der Waals surface area (Å²) in [6, 6.07) is 6.02. The van der Waals surface area contributed by atoms with Crippen molar-refractivity contribution in [2.75, 3.05) is 33.8 Å². The molecule has 136 valence electrons. The van der Waals surface area contributed by atoms with Gasteiger partial charge in [0.15, 0.2) is 17.1 Å². The smallest absolute Gasteiger partial charge is 0.289 e.